The van der Waals surface area contributed by atoms with Crippen molar-refractivity contribution in [2.75, 3.05) is 43.6 Å². The Morgan fingerprint density at radius 1 is 1.32 bits per heavy atom. The molecule has 0 bridgehead atoms. The van der Waals surface area contributed by atoms with E-state index in [1.165, 1.54) is 35.3 Å². The van der Waals surface area contributed by atoms with Crippen LogP contribution in [0.15, 0.2) is 23.1 Å². The highest BCUT2D eigenvalue weighted by molar-refractivity contribution is 7.99. The van der Waals surface area contributed by atoms with Crippen LogP contribution in [-0.2, 0) is 14.8 Å². The molecule has 1 aromatic rings. The van der Waals surface area contributed by atoms with Gasteiger partial charge in [0, 0.05) is 18.8 Å². The van der Waals surface area contributed by atoms with Crippen molar-refractivity contribution in [2.45, 2.75) is 24.2 Å². The van der Waals surface area contributed by atoms with Crippen LogP contribution in [0.4, 0.5) is 5.69 Å². The van der Waals surface area contributed by atoms with Crippen LogP contribution in [0.2, 0.25) is 0 Å². The van der Waals surface area contributed by atoms with Gasteiger partial charge in [0.05, 0.1) is 30.1 Å². The highest BCUT2D eigenvalue weighted by Crippen LogP contribution is 2.30. The lowest BCUT2D eigenvalue weighted by Crippen LogP contribution is -2.35. The van der Waals surface area contributed by atoms with Crippen molar-refractivity contribution in [3.63, 3.8) is 0 Å². The van der Waals surface area contributed by atoms with Crippen LogP contribution in [0.3, 0.4) is 0 Å². The first kappa shape index (κ1) is 20.0. The Morgan fingerprint density at radius 3 is 2.68 bits per heavy atom. The van der Waals surface area contributed by atoms with E-state index in [1.807, 2.05) is 0 Å². The van der Waals surface area contributed by atoms with E-state index in [1.54, 1.807) is 6.07 Å². The number of thioether (sulfide) groups is 1. The van der Waals surface area contributed by atoms with Gasteiger partial charge in [-0.25, -0.2) is 8.42 Å². The van der Waals surface area contributed by atoms with Crippen LogP contribution >= 0.6 is 11.8 Å². The third kappa shape index (κ3) is 5.34. The standard InChI is InChI=1S/C16H24N2O5S2/c1-23-15-6-5-13(25(21,22)18-7-3-2-4-8-18)11-14(15)17-16(20)12-24-10-9-19/h5-6,11,19H,2-4,7-10,12H2,1H3,(H,17,20). The number of sulfonamides is 1. The molecular weight excluding hydrogens is 364 g/mol. The van der Waals surface area contributed by atoms with Gasteiger partial charge in [0.25, 0.3) is 0 Å². The number of methoxy groups -OCH3 is 1. The van der Waals surface area contributed by atoms with Gasteiger partial charge in [0.15, 0.2) is 0 Å². The molecule has 9 heteroatoms. The smallest absolute Gasteiger partial charge is 0.243 e. The molecule has 0 unspecified atom stereocenters. The van der Waals surface area contributed by atoms with Gasteiger partial charge in [-0.05, 0) is 31.0 Å². The van der Waals surface area contributed by atoms with Crippen molar-refractivity contribution < 1.29 is 23.1 Å². The van der Waals surface area contributed by atoms with Crippen molar-refractivity contribution >= 4 is 33.4 Å². The van der Waals surface area contributed by atoms with Crippen LogP contribution in [0.5, 0.6) is 5.75 Å². The molecule has 1 aromatic carbocycles. The van der Waals surface area contributed by atoms with E-state index >= 15 is 0 Å². The van der Waals surface area contributed by atoms with Crippen LogP contribution in [0.1, 0.15) is 19.3 Å². The first-order valence-corrected chi connectivity index (χ1v) is 10.7. The Kier molecular flexibility index (Phi) is 7.55. The summed E-state index contributed by atoms with van der Waals surface area (Å²) in [6.45, 7) is 1.05. The molecule has 0 spiro atoms. The predicted molar refractivity (Wildman–Crippen MR) is 98.6 cm³/mol. The topological polar surface area (TPSA) is 95.9 Å². The third-order valence-corrected chi connectivity index (χ3v) is 6.70. The monoisotopic (exact) mass is 388 g/mol. The van der Waals surface area contributed by atoms with Crippen molar-refractivity contribution in [3.8, 4) is 5.75 Å². The number of nitrogens with one attached hydrogen (secondary N) is 1. The largest absolute Gasteiger partial charge is 0.495 e. The van der Waals surface area contributed by atoms with E-state index in [4.69, 9.17) is 9.84 Å². The third-order valence-electron chi connectivity index (χ3n) is 3.87. The fourth-order valence-corrected chi connectivity index (χ4v) is 4.69. The average molecular weight is 389 g/mol. The fraction of sp³-hybridized carbons (Fsp3) is 0.562. The summed E-state index contributed by atoms with van der Waals surface area (Å²) in [4.78, 5) is 12.1. The molecule has 0 aromatic heterocycles. The van der Waals surface area contributed by atoms with E-state index < -0.39 is 10.0 Å². The lowest BCUT2D eigenvalue weighted by Gasteiger charge is -2.26. The van der Waals surface area contributed by atoms with Crippen LogP contribution in [0, 0.1) is 0 Å². The summed E-state index contributed by atoms with van der Waals surface area (Å²) in [5.41, 5.74) is 0.329. The van der Waals surface area contributed by atoms with Gasteiger partial charge in [-0.2, -0.15) is 4.31 Å². The number of rotatable bonds is 8. The molecule has 140 valence electrons. The molecule has 2 rings (SSSR count). The molecular formula is C16H24N2O5S2. The zero-order chi connectivity index (χ0) is 18.3. The average Bonchev–Trinajstić information content (AvgIpc) is 2.62. The highest BCUT2D eigenvalue weighted by Gasteiger charge is 2.26. The van der Waals surface area contributed by atoms with Crippen molar-refractivity contribution in [1.29, 1.82) is 0 Å². The molecule has 0 aliphatic carbocycles. The number of piperidine rings is 1. The number of carbonyl (C=O) groups excluding carboxylic acids is 1. The number of benzene rings is 1. The second-order valence-corrected chi connectivity index (χ2v) is 8.69. The minimum absolute atomic E-state index is 0.00479. The summed E-state index contributed by atoms with van der Waals surface area (Å²) < 4.78 is 32.3. The van der Waals surface area contributed by atoms with Crippen molar-refractivity contribution in [3.05, 3.63) is 18.2 Å². The summed E-state index contributed by atoms with van der Waals surface area (Å²) in [5.74, 6) is 0.767. The van der Waals surface area contributed by atoms with Crippen LogP contribution in [-0.4, -0.2) is 62.0 Å². The second kappa shape index (κ2) is 9.42. The molecule has 1 aliphatic rings. The Morgan fingerprint density at radius 2 is 2.04 bits per heavy atom. The van der Waals surface area contributed by atoms with Gasteiger partial charge in [-0.3, -0.25) is 4.79 Å². The SMILES string of the molecule is COc1ccc(S(=O)(=O)N2CCCCC2)cc1NC(=O)CSCCO. The van der Waals surface area contributed by atoms with E-state index in [9.17, 15) is 13.2 Å². The Balaban J connectivity index is 2.19. The summed E-state index contributed by atoms with van der Waals surface area (Å²) in [6.07, 6.45) is 2.77. The zero-order valence-electron chi connectivity index (χ0n) is 14.2. The summed E-state index contributed by atoms with van der Waals surface area (Å²) in [7, 11) is -2.12. The maximum absolute atomic E-state index is 12.8. The van der Waals surface area contributed by atoms with Crippen LogP contribution < -0.4 is 10.1 Å². The van der Waals surface area contributed by atoms with Gasteiger partial charge >= 0.3 is 0 Å². The molecule has 7 nitrogen and oxygen atoms in total. The molecule has 0 atom stereocenters. The van der Waals surface area contributed by atoms with Gasteiger partial charge in [0.1, 0.15) is 5.75 Å². The number of anilines is 1. The molecule has 1 fully saturated rings. The number of ether oxygens (including phenoxy) is 1. The first-order chi connectivity index (χ1) is 12.0. The number of carbonyl (C=O) groups is 1. The molecule has 2 N–H and O–H groups in total. The number of amides is 1. The quantitative estimate of drug-likeness (QED) is 0.656. The minimum atomic E-state index is -3.58. The lowest BCUT2D eigenvalue weighted by molar-refractivity contribution is -0.113. The summed E-state index contributed by atoms with van der Waals surface area (Å²) in [6, 6.07) is 4.49. The number of nitrogens with zero attached hydrogens (tertiary/aromatic N) is 1. The zero-order valence-corrected chi connectivity index (χ0v) is 15.9. The summed E-state index contributed by atoms with van der Waals surface area (Å²) >= 11 is 1.30. The molecule has 25 heavy (non-hydrogen) atoms. The predicted octanol–water partition coefficient (Wildman–Crippen LogP) is 1.53. The molecule has 1 amide bonds. The fourth-order valence-electron chi connectivity index (χ4n) is 2.62. The Labute approximate surface area is 152 Å². The Hall–Kier alpha value is -1.29. The van der Waals surface area contributed by atoms with E-state index in [0.29, 0.717) is 30.3 Å². The second-order valence-electron chi connectivity index (χ2n) is 5.65. The maximum Gasteiger partial charge on any atom is 0.243 e. The summed E-state index contributed by atoms with van der Waals surface area (Å²) in [5, 5.41) is 11.4. The highest BCUT2D eigenvalue weighted by atomic mass is 32.2. The number of hydrogen-bond acceptors (Lipinski definition) is 6. The maximum atomic E-state index is 12.8. The van der Waals surface area contributed by atoms with Gasteiger partial charge in [0.2, 0.25) is 15.9 Å². The van der Waals surface area contributed by atoms with Crippen LogP contribution in [0.25, 0.3) is 0 Å². The van der Waals surface area contributed by atoms with Gasteiger partial charge in [-0.15, -0.1) is 11.8 Å². The molecule has 0 radical (unpaired) electrons. The molecule has 1 aliphatic heterocycles. The lowest BCUT2D eigenvalue weighted by atomic mass is 10.2. The first-order valence-electron chi connectivity index (χ1n) is 8.15. The van der Waals surface area contributed by atoms with E-state index in [2.05, 4.69) is 5.32 Å². The number of aliphatic hydroxyl groups excluding tert-OH is 1. The van der Waals surface area contributed by atoms with Crippen molar-refractivity contribution in [1.82, 2.24) is 4.31 Å². The molecule has 1 saturated heterocycles. The molecule has 1 heterocycles. The number of aliphatic hydroxyl groups is 1. The van der Waals surface area contributed by atoms with E-state index in [-0.39, 0.29) is 23.2 Å². The normalized spacial score (nSPS) is 15.8. The molecule has 0 saturated carbocycles. The van der Waals surface area contributed by atoms with Gasteiger partial charge < -0.3 is 15.2 Å². The number of hydrogen-bond donors (Lipinski definition) is 2. The van der Waals surface area contributed by atoms with Crippen molar-refractivity contribution in [2.24, 2.45) is 0 Å². The minimum Gasteiger partial charge on any atom is -0.495 e. The van der Waals surface area contributed by atoms with E-state index in [0.717, 1.165) is 19.3 Å². The van der Waals surface area contributed by atoms with Gasteiger partial charge in [-0.1, -0.05) is 6.42 Å². The Bertz CT molecular complexity index is 688.